The predicted molar refractivity (Wildman–Crippen MR) is 66.7 cm³/mol. The van der Waals surface area contributed by atoms with Crippen molar-refractivity contribution >= 4 is 12.2 Å². The summed E-state index contributed by atoms with van der Waals surface area (Å²) in [4.78, 5) is 7.73. The van der Waals surface area contributed by atoms with Crippen molar-refractivity contribution < 1.29 is 0 Å². The van der Waals surface area contributed by atoms with Crippen molar-refractivity contribution in [1.82, 2.24) is 9.97 Å². The minimum Gasteiger partial charge on any atom is -0.347 e. The van der Waals surface area contributed by atoms with E-state index >= 15 is 0 Å². The minimum absolute atomic E-state index is 0.0994. The number of nitrogens with one attached hydrogen (secondary N) is 1. The Morgan fingerprint density at radius 1 is 1.40 bits per heavy atom. The molecule has 0 aliphatic carbocycles. The molecule has 0 fully saturated rings. The molecule has 2 nitrogen and oxygen atoms in total. The summed E-state index contributed by atoms with van der Waals surface area (Å²) in [6.07, 6.45) is 0.952. The molecule has 0 aromatic carbocycles. The fourth-order valence-corrected chi connectivity index (χ4v) is 1.62. The Labute approximate surface area is 97.1 Å². The lowest BCUT2D eigenvalue weighted by Crippen LogP contribution is -2.16. The van der Waals surface area contributed by atoms with Crippen LogP contribution in [0, 0.1) is 10.6 Å². The van der Waals surface area contributed by atoms with E-state index < -0.39 is 0 Å². The highest BCUT2D eigenvalue weighted by Gasteiger charge is 2.15. The quantitative estimate of drug-likeness (QED) is 0.777. The molecule has 0 atom stereocenters. The number of hydrogen-bond acceptors (Lipinski definition) is 2. The zero-order valence-corrected chi connectivity index (χ0v) is 11.0. The van der Waals surface area contributed by atoms with E-state index in [0.717, 1.165) is 17.9 Å². The molecule has 0 amide bonds. The van der Waals surface area contributed by atoms with Gasteiger partial charge in [-0.1, -0.05) is 46.8 Å². The number of aromatic nitrogens is 2. The second-order valence-electron chi connectivity index (χ2n) is 5.43. The van der Waals surface area contributed by atoms with Gasteiger partial charge in [0.25, 0.3) is 0 Å². The van der Waals surface area contributed by atoms with E-state index in [1.54, 1.807) is 0 Å². The Morgan fingerprint density at radius 2 is 2.00 bits per heavy atom. The second kappa shape index (κ2) is 4.44. The molecule has 15 heavy (non-hydrogen) atoms. The molecule has 1 aromatic heterocycles. The molecular formula is C12H20N2S. The molecule has 0 unspecified atom stereocenters. The molecule has 0 bridgehead atoms. The first kappa shape index (κ1) is 12.4. The lowest BCUT2D eigenvalue weighted by Gasteiger charge is -2.19. The van der Waals surface area contributed by atoms with Crippen LogP contribution in [0.2, 0.25) is 0 Å². The molecular weight excluding hydrogens is 204 g/mol. The molecule has 1 rings (SSSR count). The Bertz CT molecular complexity index is 385. The highest BCUT2D eigenvalue weighted by molar-refractivity contribution is 7.71. The molecule has 1 aromatic rings. The molecule has 1 heterocycles. The lowest BCUT2D eigenvalue weighted by molar-refractivity contribution is 0.550. The van der Waals surface area contributed by atoms with E-state index in [1.807, 2.05) is 6.07 Å². The van der Waals surface area contributed by atoms with Gasteiger partial charge < -0.3 is 4.98 Å². The molecule has 0 saturated carbocycles. The summed E-state index contributed by atoms with van der Waals surface area (Å²) in [5, 5.41) is 0. The normalized spacial score (nSPS) is 12.1. The zero-order valence-electron chi connectivity index (χ0n) is 10.2. The van der Waals surface area contributed by atoms with Gasteiger partial charge >= 0.3 is 0 Å². The Kier molecular flexibility index (Phi) is 3.66. The summed E-state index contributed by atoms with van der Waals surface area (Å²) >= 11 is 5.18. The van der Waals surface area contributed by atoms with E-state index in [2.05, 4.69) is 44.6 Å². The average molecular weight is 224 g/mol. The van der Waals surface area contributed by atoms with Gasteiger partial charge in [0.15, 0.2) is 0 Å². The SMILES string of the molecule is CC(C)Cc1nc(=S)cc(C(C)(C)C)[nH]1. The molecule has 0 aliphatic rings. The zero-order chi connectivity index (χ0) is 11.6. The van der Waals surface area contributed by atoms with E-state index in [9.17, 15) is 0 Å². The molecule has 3 heteroatoms. The van der Waals surface area contributed by atoms with Crippen LogP contribution in [0.1, 0.15) is 46.1 Å². The van der Waals surface area contributed by atoms with Gasteiger partial charge in [0.05, 0.1) is 0 Å². The first-order valence-corrected chi connectivity index (χ1v) is 5.80. The van der Waals surface area contributed by atoms with Gasteiger partial charge in [-0.15, -0.1) is 0 Å². The number of rotatable bonds is 2. The van der Waals surface area contributed by atoms with Crippen molar-refractivity contribution in [2.24, 2.45) is 5.92 Å². The van der Waals surface area contributed by atoms with Crippen LogP contribution in [0.4, 0.5) is 0 Å². The van der Waals surface area contributed by atoms with E-state index in [-0.39, 0.29) is 5.41 Å². The largest absolute Gasteiger partial charge is 0.347 e. The minimum atomic E-state index is 0.0994. The third-order valence-corrected chi connectivity index (χ3v) is 2.41. The van der Waals surface area contributed by atoms with Gasteiger partial charge in [-0.2, -0.15) is 0 Å². The third-order valence-electron chi connectivity index (χ3n) is 2.20. The summed E-state index contributed by atoms with van der Waals surface area (Å²) in [7, 11) is 0. The number of hydrogen-bond donors (Lipinski definition) is 1. The van der Waals surface area contributed by atoms with Gasteiger partial charge in [-0.05, 0) is 12.0 Å². The first-order valence-electron chi connectivity index (χ1n) is 5.40. The first-order chi connectivity index (χ1) is 6.79. The lowest BCUT2D eigenvalue weighted by atomic mass is 9.92. The summed E-state index contributed by atoms with van der Waals surface area (Å²) in [6.45, 7) is 10.9. The third kappa shape index (κ3) is 3.74. The number of H-pyrrole nitrogens is 1. The fraction of sp³-hybridized carbons (Fsp3) is 0.667. The molecule has 0 radical (unpaired) electrons. The van der Waals surface area contributed by atoms with Crippen LogP contribution in [0.25, 0.3) is 0 Å². The van der Waals surface area contributed by atoms with Crippen molar-refractivity contribution in [3.63, 3.8) is 0 Å². The van der Waals surface area contributed by atoms with Crippen LogP contribution in [0.3, 0.4) is 0 Å². The summed E-state index contributed by atoms with van der Waals surface area (Å²) < 4.78 is 0.689. The smallest absolute Gasteiger partial charge is 0.130 e. The number of aromatic amines is 1. The maximum absolute atomic E-state index is 5.18. The van der Waals surface area contributed by atoms with Crippen LogP contribution in [-0.2, 0) is 11.8 Å². The van der Waals surface area contributed by atoms with Gasteiger partial charge in [0, 0.05) is 17.5 Å². The molecule has 0 aliphatic heterocycles. The van der Waals surface area contributed by atoms with Gasteiger partial charge in [0.1, 0.15) is 10.5 Å². The van der Waals surface area contributed by atoms with Crippen molar-refractivity contribution in [2.75, 3.05) is 0 Å². The Hall–Kier alpha value is -0.700. The van der Waals surface area contributed by atoms with Crippen molar-refractivity contribution in [3.8, 4) is 0 Å². The van der Waals surface area contributed by atoms with Crippen molar-refractivity contribution in [3.05, 3.63) is 22.2 Å². The highest BCUT2D eigenvalue weighted by atomic mass is 32.1. The van der Waals surface area contributed by atoms with Gasteiger partial charge in [-0.25, -0.2) is 4.98 Å². The highest BCUT2D eigenvalue weighted by Crippen LogP contribution is 2.20. The van der Waals surface area contributed by atoms with E-state index in [0.29, 0.717) is 10.6 Å². The van der Waals surface area contributed by atoms with E-state index in [4.69, 9.17) is 12.2 Å². The van der Waals surface area contributed by atoms with Crippen molar-refractivity contribution in [2.45, 2.75) is 46.5 Å². The standard InChI is InChI=1S/C12H20N2S/c1-8(2)6-10-13-9(12(3,4)5)7-11(15)14-10/h7-8H,6H2,1-5H3,(H,13,14,15). The van der Waals surface area contributed by atoms with Gasteiger partial charge in [-0.3, -0.25) is 0 Å². The van der Waals surface area contributed by atoms with E-state index in [1.165, 1.54) is 0 Å². The summed E-state index contributed by atoms with van der Waals surface area (Å²) in [5.41, 5.74) is 1.26. The Balaban J connectivity index is 3.11. The fourth-order valence-electron chi connectivity index (χ4n) is 1.40. The van der Waals surface area contributed by atoms with Crippen LogP contribution >= 0.6 is 12.2 Å². The monoisotopic (exact) mass is 224 g/mol. The van der Waals surface area contributed by atoms with Crippen LogP contribution in [0.15, 0.2) is 6.07 Å². The summed E-state index contributed by atoms with van der Waals surface area (Å²) in [6, 6.07) is 1.96. The predicted octanol–water partition coefficient (Wildman–Crippen LogP) is 3.64. The van der Waals surface area contributed by atoms with Crippen LogP contribution < -0.4 is 0 Å². The molecule has 0 spiro atoms. The van der Waals surface area contributed by atoms with Crippen LogP contribution in [0.5, 0.6) is 0 Å². The number of nitrogens with zero attached hydrogens (tertiary/aromatic N) is 1. The Morgan fingerprint density at radius 3 is 2.47 bits per heavy atom. The summed E-state index contributed by atoms with van der Waals surface area (Å²) in [5.74, 6) is 1.60. The maximum Gasteiger partial charge on any atom is 0.130 e. The van der Waals surface area contributed by atoms with Gasteiger partial charge in [0.2, 0.25) is 0 Å². The average Bonchev–Trinajstić information content (AvgIpc) is 1.99. The molecule has 0 saturated heterocycles. The van der Waals surface area contributed by atoms with Crippen molar-refractivity contribution in [1.29, 1.82) is 0 Å². The molecule has 1 N–H and O–H groups in total. The molecule has 84 valence electrons. The topological polar surface area (TPSA) is 28.7 Å². The van der Waals surface area contributed by atoms with Crippen LogP contribution in [-0.4, -0.2) is 9.97 Å². The maximum atomic E-state index is 5.18. The second-order valence-corrected chi connectivity index (χ2v) is 5.85.